The van der Waals surface area contributed by atoms with Crippen molar-refractivity contribution >= 4 is 5.97 Å². The smallest absolute Gasteiger partial charge is 0.311 e. The summed E-state index contributed by atoms with van der Waals surface area (Å²) in [5.74, 6) is 0.542. The van der Waals surface area contributed by atoms with Crippen molar-refractivity contribution in [2.45, 2.75) is 32.6 Å². The van der Waals surface area contributed by atoms with Gasteiger partial charge < -0.3 is 10.5 Å². The van der Waals surface area contributed by atoms with E-state index >= 15 is 0 Å². The van der Waals surface area contributed by atoms with E-state index in [2.05, 4.69) is 0 Å². The minimum Gasteiger partial charge on any atom is -0.469 e. The van der Waals surface area contributed by atoms with E-state index in [-0.39, 0.29) is 11.4 Å². The lowest BCUT2D eigenvalue weighted by Crippen LogP contribution is -2.35. The Morgan fingerprint density at radius 1 is 1.54 bits per heavy atom. The van der Waals surface area contributed by atoms with Gasteiger partial charge in [-0.25, -0.2) is 0 Å². The van der Waals surface area contributed by atoms with Gasteiger partial charge in [0.1, 0.15) is 0 Å². The number of nitrogens with two attached hydrogens (primary N) is 1. The van der Waals surface area contributed by atoms with Gasteiger partial charge in [0.25, 0.3) is 0 Å². The van der Waals surface area contributed by atoms with Crippen molar-refractivity contribution in [2.75, 3.05) is 13.7 Å². The summed E-state index contributed by atoms with van der Waals surface area (Å²) < 4.78 is 4.79. The number of carbonyl (C=O) groups excluding carboxylic acids is 1. The minimum atomic E-state index is -0.250. The summed E-state index contributed by atoms with van der Waals surface area (Å²) in [5.41, 5.74) is 5.33. The normalized spacial score (nSPS) is 34.2. The molecule has 0 amide bonds. The SMILES string of the molecule is COC(=O)C1(C)CCC(CN)CC1. The van der Waals surface area contributed by atoms with Gasteiger partial charge in [0.2, 0.25) is 0 Å². The van der Waals surface area contributed by atoms with Gasteiger partial charge in [-0.15, -0.1) is 0 Å². The van der Waals surface area contributed by atoms with Crippen LogP contribution in [-0.2, 0) is 9.53 Å². The van der Waals surface area contributed by atoms with Crippen molar-refractivity contribution in [2.24, 2.45) is 17.1 Å². The fraction of sp³-hybridized carbons (Fsp3) is 0.900. The quantitative estimate of drug-likeness (QED) is 0.660. The van der Waals surface area contributed by atoms with Crippen LogP contribution in [0.2, 0.25) is 0 Å². The van der Waals surface area contributed by atoms with Crippen LogP contribution in [0.25, 0.3) is 0 Å². The van der Waals surface area contributed by atoms with E-state index < -0.39 is 0 Å². The zero-order valence-electron chi connectivity index (χ0n) is 8.51. The van der Waals surface area contributed by atoms with Crippen molar-refractivity contribution in [1.29, 1.82) is 0 Å². The first-order valence-corrected chi connectivity index (χ1v) is 4.91. The van der Waals surface area contributed by atoms with Crippen LogP contribution in [0.5, 0.6) is 0 Å². The molecule has 0 atom stereocenters. The molecule has 0 aliphatic heterocycles. The molecule has 1 fully saturated rings. The fourth-order valence-electron chi connectivity index (χ4n) is 2.00. The molecule has 3 heteroatoms. The standard InChI is InChI=1S/C10H19NO2/c1-10(9(12)13-2)5-3-8(7-11)4-6-10/h8H,3-7,11H2,1-2H3. The first-order valence-electron chi connectivity index (χ1n) is 4.91. The maximum Gasteiger partial charge on any atom is 0.311 e. The van der Waals surface area contributed by atoms with Crippen LogP contribution in [0, 0.1) is 11.3 Å². The molecule has 0 bridgehead atoms. The van der Waals surface area contributed by atoms with Gasteiger partial charge in [-0.2, -0.15) is 0 Å². The van der Waals surface area contributed by atoms with Crippen LogP contribution in [0.15, 0.2) is 0 Å². The third-order valence-corrected chi connectivity index (χ3v) is 3.22. The van der Waals surface area contributed by atoms with Gasteiger partial charge in [0.05, 0.1) is 12.5 Å². The summed E-state index contributed by atoms with van der Waals surface area (Å²) in [4.78, 5) is 11.4. The third kappa shape index (κ3) is 2.21. The number of hydrogen-bond acceptors (Lipinski definition) is 3. The Morgan fingerprint density at radius 2 is 2.08 bits per heavy atom. The van der Waals surface area contributed by atoms with Crippen LogP contribution >= 0.6 is 0 Å². The fourth-order valence-corrected chi connectivity index (χ4v) is 2.00. The largest absolute Gasteiger partial charge is 0.469 e. The molecule has 0 unspecified atom stereocenters. The van der Waals surface area contributed by atoms with Crippen molar-refractivity contribution in [3.63, 3.8) is 0 Å². The Kier molecular flexibility index (Phi) is 3.31. The second-order valence-corrected chi connectivity index (χ2v) is 4.23. The molecule has 1 aliphatic carbocycles. The molecule has 76 valence electrons. The molecule has 0 aromatic carbocycles. The topological polar surface area (TPSA) is 52.3 Å². The monoisotopic (exact) mass is 185 g/mol. The van der Waals surface area contributed by atoms with E-state index in [9.17, 15) is 4.79 Å². The van der Waals surface area contributed by atoms with Crippen molar-refractivity contribution in [1.82, 2.24) is 0 Å². The van der Waals surface area contributed by atoms with Crippen LogP contribution < -0.4 is 5.73 Å². The van der Waals surface area contributed by atoms with Crippen LogP contribution in [0.1, 0.15) is 32.6 Å². The number of carbonyl (C=O) groups is 1. The third-order valence-electron chi connectivity index (χ3n) is 3.22. The zero-order chi connectivity index (χ0) is 9.90. The van der Waals surface area contributed by atoms with Gasteiger partial charge in [-0.05, 0) is 45.1 Å². The molecular formula is C10H19NO2. The summed E-state index contributed by atoms with van der Waals surface area (Å²) in [7, 11) is 1.46. The van der Waals surface area contributed by atoms with E-state index in [1.165, 1.54) is 7.11 Å². The maximum absolute atomic E-state index is 11.4. The summed E-state index contributed by atoms with van der Waals surface area (Å²) >= 11 is 0. The zero-order valence-corrected chi connectivity index (χ0v) is 8.51. The number of rotatable bonds is 2. The lowest BCUT2D eigenvalue weighted by atomic mass is 9.72. The molecule has 0 spiro atoms. The highest BCUT2D eigenvalue weighted by Gasteiger charge is 2.37. The molecule has 1 rings (SSSR count). The summed E-state index contributed by atoms with van der Waals surface area (Å²) in [6, 6.07) is 0. The lowest BCUT2D eigenvalue weighted by Gasteiger charge is -2.34. The van der Waals surface area contributed by atoms with Crippen molar-refractivity contribution in [3.8, 4) is 0 Å². The molecule has 13 heavy (non-hydrogen) atoms. The molecular weight excluding hydrogens is 166 g/mol. The van der Waals surface area contributed by atoms with Crippen molar-refractivity contribution in [3.05, 3.63) is 0 Å². The molecule has 0 heterocycles. The van der Waals surface area contributed by atoms with E-state index in [1.807, 2.05) is 6.92 Å². The summed E-state index contributed by atoms with van der Waals surface area (Å²) in [6.07, 6.45) is 3.95. The van der Waals surface area contributed by atoms with Gasteiger partial charge in [0, 0.05) is 0 Å². The highest BCUT2D eigenvalue weighted by atomic mass is 16.5. The van der Waals surface area contributed by atoms with Crippen LogP contribution in [0.4, 0.5) is 0 Å². The number of hydrogen-bond donors (Lipinski definition) is 1. The van der Waals surface area contributed by atoms with E-state index in [1.54, 1.807) is 0 Å². The average molecular weight is 185 g/mol. The summed E-state index contributed by atoms with van der Waals surface area (Å²) in [5, 5.41) is 0. The second kappa shape index (κ2) is 4.09. The van der Waals surface area contributed by atoms with Gasteiger partial charge in [-0.1, -0.05) is 0 Å². The molecule has 1 saturated carbocycles. The second-order valence-electron chi connectivity index (χ2n) is 4.23. The Labute approximate surface area is 79.6 Å². The predicted molar refractivity (Wildman–Crippen MR) is 51.1 cm³/mol. The number of esters is 1. The molecule has 0 saturated heterocycles. The molecule has 3 nitrogen and oxygen atoms in total. The first-order chi connectivity index (χ1) is 6.12. The van der Waals surface area contributed by atoms with E-state index in [0.717, 1.165) is 32.2 Å². The maximum atomic E-state index is 11.4. The Balaban J connectivity index is 2.51. The lowest BCUT2D eigenvalue weighted by molar-refractivity contribution is -0.154. The van der Waals surface area contributed by atoms with Gasteiger partial charge in [0.15, 0.2) is 0 Å². The highest BCUT2D eigenvalue weighted by Crippen LogP contribution is 2.38. The molecule has 0 aromatic heterocycles. The highest BCUT2D eigenvalue weighted by molar-refractivity contribution is 5.76. The summed E-state index contributed by atoms with van der Waals surface area (Å²) in [6.45, 7) is 2.74. The number of methoxy groups -OCH3 is 1. The Bertz CT molecular complexity index is 183. The van der Waals surface area contributed by atoms with Crippen LogP contribution in [-0.4, -0.2) is 19.6 Å². The Hall–Kier alpha value is -0.570. The molecule has 0 aromatic rings. The van der Waals surface area contributed by atoms with E-state index in [4.69, 9.17) is 10.5 Å². The minimum absolute atomic E-state index is 0.0667. The van der Waals surface area contributed by atoms with Crippen LogP contribution in [0.3, 0.4) is 0 Å². The molecule has 0 radical (unpaired) electrons. The average Bonchev–Trinajstić information content (AvgIpc) is 2.18. The Morgan fingerprint density at radius 3 is 2.46 bits per heavy atom. The first kappa shape index (κ1) is 10.5. The van der Waals surface area contributed by atoms with E-state index in [0.29, 0.717) is 5.92 Å². The molecule has 1 aliphatic rings. The molecule has 2 N–H and O–H groups in total. The predicted octanol–water partition coefficient (Wildman–Crippen LogP) is 1.31. The van der Waals surface area contributed by atoms with Gasteiger partial charge in [-0.3, -0.25) is 4.79 Å². The van der Waals surface area contributed by atoms with Crippen molar-refractivity contribution < 1.29 is 9.53 Å². The van der Waals surface area contributed by atoms with Gasteiger partial charge >= 0.3 is 5.97 Å². The number of ether oxygens (including phenoxy) is 1.